The van der Waals surface area contributed by atoms with Crippen molar-refractivity contribution in [2.75, 3.05) is 26.2 Å². The molecule has 6 heterocycles. The highest BCUT2D eigenvalue weighted by Gasteiger charge is 2.45. The summed E-state index contributed by atoms with van der Waals surface area (Å²) in [5.41, 5.74) is -2.82. The van der Waals surface area contributed by atoms with E-state index in [-0.39, 0.29) is 79.2 Å². The number of fused-ring (bicyclic) bond motifs is 3. The zero-order valence-corrected chi connectivity index (χ0v) is 56.6. The van der Waals surface area contributed by atoms with Crippen LogP contribution in [0.15, 0.2) is 208 Å². The summed E-state index contributed by atoms with van der Waals surface area (Å²) in [5, 5.41) is 23.1. The third-order valence-corrected chi connectivity index (χ3v) is 16.7. The van der Waals surface area contributed by atoms with Crippen LogP contribution in [0.2, 0.25) is 0 Å². The van der Waals surface area contributed by atoms with Crippen LogP contribution in [0.5, 0.6) is 17.2 Å². The van der Waals surface area contributed by atoms with Crippen molar-refractivity contribution < 1.29 is 69.3 Å². The van der Waals surface area contributed by atoms with Crippen molar-refractivity contribution in [3.05, 3.63) is 281 Å². The number of amides is 3. The Morgan fingerprint density at radius 2 is 0.802 bits per heavy atom. The second-order valence-corrected chi connectivity index (χ2v) is 25.3. The molecular weight excluding hydrogens is 1280 g/mol. The number of carbonyl (C=O) groups excluding carboxylic acids is 5. The van der Waals surface area contributed by atoms with Gasteiger partial charge in [0, 0.05) is 55.5 Å². The number of aromatic nitrogens is 6. The van der Waals surface area contributed by atoms with Gasteiger partial charge in [0.15, 0.2) is 22.8 Å². The van der Waals surface area contributed by atoms with E-state index in [1.807, 2.05) is 88.4 Å². The first kappa shape index (κ1) is 52.0. The van der Waals surface area contributed by atoms with Gasteiger partial charge in [0.1, 0.15) is 0 Å². The average molecular weight is 1390 g/mol. The molecule has 0 radical (unpaired) electrons. The SMILES string of the molecule is C.CC(C)COC(=O)Oc1c2n(ncc1=O)C(C(c1ccccc1)c1ccccc1)CN(C(C)C)C2=O.[2H]c1c([2H])c([2H])c(C(c2c([2H])c([2H])c(C)c([2H])c2[2H])[C@H]2CN(C(C)C)C(=O)c3c(OC(=O)C(C)C)c(=O)cnn32)c([2H])c1[2H].[2H]c1c([2H])c([2H])c(C(c2c([2H])c([2H])c([2H])c([2H])c2[2H])[C@H]2CN(C(C)C)C(=O)c3c(O)c(=O)cnn32)c([2H])c1[2H]. The molecule has 0 spiro atoms. The molecule has 0 saturated heterocycles. The van der Waals surface area contributed by atoms with Gasteiger partial charge in [-0.2, -0.15) is 15.3 Å². The summed E-state index contributed by atoms with van der Waals surface area (Å²) < 4.78 is 180. The molecule has 1 N–H and O–H groups in total. The summed E-state index contributed by atoms with van der Waals surface area (Å²) in [4.78, 5) is 108. The number of rotatable bonds is 17. The van der Waals surface area contributed by atoms with E-state index in [0.29, 0.717) is 6.54 Å². The molecule has 526 valence electrons. The Bertz CT molecular complexity index is 5460. The summed E-state index contributed by atoms with van der Waals surface area (Å²) >= 11 is 0. The molecular formula is C80H89N9O12. The smallest absolute Gasteiger partial charge is 0.502 e. The van der Waals surface area contributed by atoms with Gasteiger partial charge in [0.2, 0.25) is 27.8 Å². The minimum absolute atomic E-state index is 0. The molecule has 3 aliphatic heterocycles. The first-order valence-corrected chi connectivity index (χ1v) is 32.2. The van der Waals surface area contributed by atoms with Gasteiger partial charge in [-0.15, -0.1) is 0 Å². The average Bonchev–Trinajstić information content (AvgIpc) is 0.726. The fraction of sp³-hybridized carbons (Fsp3) is 0.338. The highest BCUT2D eigenvalue weighted by Crippen LogP contribution is 2.44. The fourth-order valence-corrected chi connectivity index (χ4v) is 11.8. The van der Waals surface area contributed by atoms with E-state index in [1.165, 1.54) is 30.6 Å². The molecule has 21 nitrogen and oxygen atoms in total. The second-order valence-electron chi connectivity index (χ2n) is 25.3. The Morgan fingerprint density at radius 3 is 1.17 bits per heavy atom. The molecule has 4 atom stereocenters. The Labute approximate surface area is 615 Å². The highest BCUT2D eigenvalue weighted by atomic mass is 16.7. The quantitative estimate of drug-likeness (QED) is 0.0833. The van der Waals surface area contributed by atoms with Crippen LogP contribution in [0.1, 0.15) is 209 Å². The lowest BCUT2D eigenvalue weighted by Crippen LogP contribution is -2.50. The van der Waals surface area contributed by atoms with E-state index in [4.69, 9.17) is 40.3 Å². The van der Waals surface area contributed by atoms with Gasteiger partial charge in [0.05, 0.1) is 75.3 Å². The molecule has 3 aliphatic rings. The van der Waals surface area contributed by atoms with Gasteiger partial charge in [0.25, 0.3) is 17.7 Å². The molecule has 0 bridgehead atoms. The Kier molecular flexibility index (Phi) is 16.8. The lowest BCUT2D eigenvalue weighted by molar-refractivity contribution is -0.137. The first-order valence-electron chi connectivity index (χ1n) is 41.7. The Hall–Kier alpha value is -11.1. The molecule has 3 amide bonds. The highest BCUT2D eigenvalue weighted by molar-refractivity contribution is 5.98. The predicted octanol–water partition coefficient (Wildman–Crippen LogP) is 12.8. The number of carbonyl (C=O) groups is 5. The van der Waals surface area contributed by atoms with Gasteiger partial charge >= 0.3 is 12.1 Å². The van der Waals surface area contributed by atoms with Crippen LogP contribution in [0, 0.1) is 18.8 Å². The van der Waals surface area contributed by atoms with Gasteiger partial charge < -0.3 is 34.0 Å². The third-order valence-electron chi connectivity index (χ3n) is 16.7. The number of hydrogen-bond acceptors (Lipinski definition) is 15. The predicted molar refractivity (Wildman–Crippen MR) is 386 cm³/mol. The maximum atomic E-state index is 13.8. The first-order chi connectivity index (χ1) is 55.8. The largest absolute Gasteiger partial charge is 0.514 e. The summed E-state index contributed by atoms with van der Waals surface area (Å²) in [5.74, 6) is -8.45. The zero-order valence-electron chi connectivity index (χ0n) is 75.6. The van der Waals surface area contributed by atoms with Crippen LogP contribution in [-0.2, 0) is 9.53 Å². The Morgan fingerprint density at radius 1 is 0.465 bits per heavy atom. The number of aromatic hydroxyl groups is 1. The molecule has 2 unspecified atom stereocenters. The van der Waals surface area contributed by atoms with Crippen LogP contribution in [0.3, 0.4) is 0 Å². The minimum atomic E-state index is -1.56. The molecule has 6 aromatic carbocycles. The van der Waals surface area contributed by atoms with Crippen LogP contribution >= 0.6 is 0 Å². The van der Waals surface area contributed by atoms with Crippen molar-refractivity contribution in [3.8, 4) is 17.2 Å². The fourth-order valence-electron chi connectivity index (χ4n) is 11.8. The van der Waals surface area contributed by atoms with Crippen molar-refractivity contribution in [2.24, 2.45) is 11.8 Å². The summed E-state index contributed by atoms with van der Waals surface area (Å²) in [7, 11) is 0. The molecule has 3 aromatic heterocycles. The number of benzene rings is 6. The van der Waals surface area contributed by atoms with Crippen LogP contribution in [-0.4, -0.2) is 123 Å². The zero-order chi connectivity index (χ0) is 88.2. The number of hydrogen-bond donors (Lipinski definition) is 1. The molecule has 0 saturated carbocycles. The normalized spacial score (nSPS) is 18.5. The van der Waals surface area contributed by atoms with Crippen molar-refractivity contribution in [1.29, 1.82) is 0 Å². The van der Waals surface area contributed by atoms with E-state index in [0.717, 1.165) is 39.1 Å². The molecule has 0 fully saturated rings. The van der Waals surface area contributed by atoms with Crippen LogP contribution in [0.4, 0.5) is 4.79 Å². The molecule has 12 rings (SSSR count). The van der Waals surface area contributed by atoms with Gasteiger partial charge in [-0.05, 0) is 87.8 Å². The van der Waals surface area contributed by atoms with Crippen molar-refractivity contribution in [3.63, 3.8) is 0 Å². The van der Waals surface area contributed by atoms with E-state index in [1.54, 1.807) is 37.3 Å². The molecule has 21 heteroatoms. The number of ether oxygens (including phenoxy) is 3. The lowest BCUT2D eigenvalue weighted by Gasteiger charge is -2.41. The molecule has 0 aliphatic carbocycles. The van der Waals surface area contributed by atoms with Crippen molar-refractivity contribution in [2.45, 2.75) is 138 Å². The minimum Gasteiger partial charge on any atom is -0.502 e. The number of nitrogens with zero attached hydrogens (tertiary/aromatic N) is 9. The van der Waals surface area contributed by atoms with E-state index in [2.05, 4.69) is 15.3 Å². The molecule has 9 aromatic rings. The van der Waals surface area contributed by atoms with Crippen LogP contribution < -0.4 is 25.8 Å². The topological polar surface area (TPSA) is 248 Å². The van der Waals surface area contributed by atoms with Gasteiger partial charge in [-0.1, -0.05) is 216 Å². The summed E-state index contributed by atoms with van der Waals surface area (Å²) in [6.45, 7) is 18.7. The van der Waals surface area contributed by atoms with Crippen LogP contribution in [0.25, 0.3) is 0 Å². The second kappa shape index (κ2) is 32.7. The monoisotopic (exact) mass is 1390 g/mol. The van der Waals surface area contributed by atoms with E-state index >= 15 is 0 Å². The maximum Gasteiger partial charge on any atom is 0.514 e. The van der Waals surface area contributed by atoms with Gasteiger partial charge in [-0.3, -0.25) is 47.6 Å². The van der Waals surface area contributed by atoms with Crippen molar-refractivity contribution in [1.82, 2.24) is 44.0 Å². The number of esters is 1. The Balaban J connectivity index is 0.000000205. The third kappa shape index (κ3) is 16.3. The van der Waals surface area contributed by atoms with E-state index in [9.17, 15) is 43.5 Å². The van der Waals surface area contributed by atoms with E-state index < -0.39 is 237 Å². The van der Waals surface area contributed by atoms with Gasteiger partial charge in [-0.25, -0.2) is 4.79 Å². The lowest BCUT2D eigenvalue weighted by atomic mass is 9.83. The molecule has 101 heavy (non-hydrogen) atoms. The standard InChI is InChI=1S/C28H31N3O5.C28H31N3O4.C23H23N3O3.CH4/c1-18(2)17-35-28(34)36-26-23(32)15-29-31-22(16-30(19(3)4)27(33)25(26)31)24(20-11-7-5-8-12-20)21-13-9-6-10-14-21;1-17(2)28(34)35-26-23(32)15-29-31-22(16-30(18(3)4)27(33)25(26)31)24(20-9-7-6-8-10-20)21-13-11-19(5)12-14-21;1-15(2)25-14-18(26-21(23(25)29)22(28)19(27)13-24-26)20(16-9-5-3-6-10-16)17-11-7-4-8-12-17;/h5-15,18-19,22,24H,16-17H2,1-4H3;6-15,17-18,22,24H,16H2,1-5H3;3-13,15,18,20,28H,14H2,1-2H3;1H4/t;22-,24?;18-;/m.11./s1/i;6D,7D,8D,9D,10D,11D,12D,13D,14D;3D,4D,5D,6D,7D,8D,9D,10D,11D,12D;. The summed E-state index contributed by atoms with van der Waals surface area (Å²) in [6.07, 6.45) is 1.63. The summed E-state index contributed by atoms with van der Waals surface area (Å²) in [6, 6.07) is 3.69. The maximum absolute atomic E-state index is 13.8. The van der Waals surface area contributed by atoms with Crippen molar-refractivity contribution >= 4 is 29.8 Å².